The number of hydrogen-bond donors (Lipinski definition) is 3. The molecule has 118 valence electrons. The van der Waals surface area contributed by atoms with Crippen LogP contribution in [-0.2, 0) is 4.79 Å². The van der Waals surface area contributed by atoms with Gasteiger partial charge in [0.1, 0.15) is 11.9 Å². The van der Waals surface area contributed by atoms with E-state index in [1.165, 1.54) is 19.3 Å². The van der Waals surface area contributed by atoms with Gasteiger partial charge in [-0.25, -0.2) is 4.79 Å². The highest BCUT2D eigenvalue weighted by Crippen LogP contribution is 2.27. The fraction of sp³-hybridized carbons (Fsp3) is 0.357. The van der Waals surface area contributed by atoms with Gasteiger partial charge in [-0.05, 0) is 35.7 Å². The van der Waals surface area contributed by atoms with Crippen molar-refractivity contribution in [3.8, 4) is 5.75 Å². The second kappa shape index (κ2) is 8.68. The Labute approximate surface area is 126 Å². The van der Waals surface area contributed by atoms with Crippen molar-refractivity contribution >= 4 is 12.0 Å². The van der Waals surface area contributed by atoms with Gasteiger partial charge in [-0.2, -0.15) is 0 Å². The molecule has 0 aliphatic carbocycles. The average molecular weight is 307 g/mol. The Balaban J connectivity index is 2.97. The first-order valence-electron chi connectivity index (χ1n) is 6.45. The molecule has 0 saturated carbocycles. The van der Waals surface area contributed by atoms with Crippen molar-refractivity contribution in [2.75, 3.05) is 13.7 Å². The molecule has 1 aromatic carbocycles. The van der Waals surface area contributed by atoms with Gasteiger partial charge >= 0.3 is 5.97 Å². The van der Waals surface area contributed by atoms with Crippen LogP contribution in [0.3, 0.4) is 0 Å². The Kier molecular flexibility index (Phi) is 6.91. The van der Waals surface area contributed by atoms with E-state index in [2.05, 4.69) is 10.0 Å². The van der Waals surface area contributed by atoms with E-state index in [0.29, 0.717) is 16.9 Å². The Morgan fingerprint density at radius 2 is 2.23 bits per heavy atom. The van der Waals surface area contributed by atoms with E-state index in [1.54, 1.807) is 12.1 Å². The molecule has 2 unspecified atom stereocenters. The first-order chi connectivity index (χ1) is 10.5. The van der Waals surface area contributed by atoms with Gasteiger partial charge in [0, 0.05) is 23.1 Å². The number of aliphatic carboxylic acids is 1. The third kappa shape index (κ3) is 5.10. The van der Waals surface area contributed by atoms with E-state index in [4.69, 9.17) is 15.4 Å². The van der Waals surface area contributed by atoms with Gasteiger partial charge in [-0.15, -0.1) is 0 Å². The van der Waals surface area contributed by atoms with Crippen molar-refractivity contribution in [3.63, 3.8) is 0 Å². The van der Waals surface area contributed by atoms with Crippen LogP contribution in [0.4, 0.5) is 0 Å². The minimum atomic E-state index is -1.18. The molecular weight excluding hydrogens is 290 g/mol. The quantitative estimate of drug-likeness (QED) is 0.291. The first kappa shape index (κ1) is 17.5. The Bertz CT molecular complexity index is 596. The van der Waals surface area contributed by atoms with Crippen LogP contribution < -0.4 is 4.74 Å². The number of methoxy groups -OCH3 is 1. The number of hydrogen-bond acceptors (Lipinski definition) is 5. The summed E-state index contributed by atoms with van der Waals surface area (Å²) in [6, 6.07) is 4.67. The number of ether oxygens (including phenoxy) is 1. The summed E-state index contributed by atoms with van der Waals surface area (Å²) < 4.78 is 5.11. The maximum atomic E-state index is 10.6. The van der Waals surface area contributed by atoms with Crippen LogP contribution in [0.1, 0.15) is 23.7 Å². The highest BCUT2D eigenvalue weighted by molar-refractivity contribution is 5.86. The zero-order chi connectivity index (χ0) is 16.5. The predicted octanol–water partition coefficient (Wildman–Crippen LogP) is 1.89. The highest BCUT2D eigenvalue weighted by Gasteiger charge is 2.18. The third-order valence-electron chi connectivity index (χ3n) is 2.95. The molecule has 22 heavy (non-hydrogen) atoms. The summed E-state index contributed by atoms with van der Waals surface area (Å²) >= 11 is 0. The van der Waals surface area contributed by atoms with Crippen LogP contribution in [0.2, 0.25) is 0 Å². The Hall–Kier alpha value is -2.54. The molecule has 8 nitrogen and oxygen atoms in total. The smallest absolute Gasteiger partial charge is 0.328 e. The maximum absolute atomic E-state index is 10.6. The zero-order valence-electron chi connectivity index (χ0n) is 12.0. The van der Waals surface area contributed by atoms with E-state index in [-0.39, 0.29) is 13.0 Å². The number of carbonyl (C=O) groups is 1. The number of rotatable bonds is 8. The second-order valence-electron chi connectivity index (χ2n) is 4.43. The molecule has 0 aromatic heterocycles. The lowest BCUT2D eigenvalue weighted by atomic mass is 9.99. The largest absolute Gasteiger partial charge is 0.496 e. The lowest BCUT2D eigenvalue weighted by Crippen LogP contribution is -2.19. The standard InChI is InChI=1S/C14H17N3O5/c1-22-12-4-2-10(8-9(12)3-5-13(19)20)14(21)11(18)6-7-16-17-15/h2-5,8,11,14,18,21H,6-7H2,1H3,(H,19,20)/b5-3+. The molecule has 3 N–H and O–H groups in total. The SMILES string of the molecule is COc1ccc(C(O)C(O)CCN=[N+]=[N-])cc1/C=C/C(=O)O. The molecule has 0 radical (unpaired) electrons. The summed E-state index contributed by atoms with van der Waals surface area (Å²) in [5.41, 5.74) is 9.04. The third-order valence-corrected chi connectivity index (χ3v) is 2.95. The van der Waals surface area contributed by atoms with Gasteiger partial charge in [0.25, 0.3) is 0 Å². The van der Waals surface area contributed by atoms with Crippen LogP contribution in [-0.4, -0.2) is 41.0 Å². The lowest BCUT2D eigenvalue weighted by Gasteiger charge is -2.18. The van der Waals surface area contributed by atoms with E-state index in [1.807, 2.05) is 0 Å². The van der Waals surface area contributed by atoms with Gasteiger partial charge in [-0.1, -0.05) is 11.2 Å². The summed E-state index contributed by atoms with van der Waals surface area (Å²) in [6.45, 7) is 0.0661. The summed E-state index contributed by atoms with van der Waals surface area (Å²) in [7, 11) is 1.44. The maximum Gasteiger partial charge on any atom is 0.328 e. The topological polar surface area (TPSA) is 136 Å². The molecule has 0 aliphatic rings. The Morgan fingerprint density at radius 3 is 2.82 bits per heavy atom. The van der Waals surface area contributed by atoms with Gasteiger partial charge in [0.15, 0.2) is 0 Å². The van der Waals surface area contributed by atoms with Gasteiger partial charge in [-0.3, -0.25) is 0 Å². The van der Waals surface area contributed by atoms with Crippen molar-refractivity contribution in [2.45, 2.75) is 18.6 Å². The molecule has 1 rings (SSSR count). The monoisotopic (exact) mass is 307 g/mol. The number of carboxylic acid groups (broad SMARTS) is 1. The number of aliphatic hydroxyl groups is 2. The molecule has 0 saturated heterocycles. The molecule has 0 aliphatic heterocycles. The molecule has 0 spiro atoms. The van der Waals surface area contributed by atoms with E-state index in [9.17, 15) is 15.0 Å². The van der Waals surface area contributed by atoms with Gasteiger partial charge in [0.2, 0.25) is 0 Å². The minimum absolute atomic E-state index is 0.0661. The van der Waals surface area contributed by atoms with Gasteiger partial charge in [0.05, 0.1) is 13.2 Å². The molecule has 0 heterocycles. The molecule has 0 fully saturated rings. The van der Waals surface area contributed by atoms with Crippen molar-refractivity contribution in [3.05, 3.63) is 45.8 Å². The number of carboxylic acids is 1. The zero-order valence-corrected chi connectivity index (χ0v) is 12.0. The lowest BCUT2D eigenvalue weighted by molar-refractivity contribution is -0.131. The molecule has 0 amide bonds. The molecule has 0 bridgehead atoms. The average Bonchev–Trinajstić information content (AvgIpc) is 2.51. The second-order valence-corrected chi connectivity index (χ2v) is 4.43. The summed E-state index contributed by atoms with van der Waals surface area (Å²) in [5, 5.41) is 31.9. The fourth-order valence-electron chi connectivity index (χ4n) is 1.84. The van der Waals surface area contributed by atoms with Crippen LogP contribution in [0.5, 0.6) is 5.75 Å². The predicted molar refractivity (Wildman–Crippen MR) is 79.3 cm³/mol. The van der Waals surface area contributed by atoms with Crippen molar-refractivity contribution in [2.24, 2.45) is 5.11 Å². The summed E-state index contributed by atoms with van der Waals surface area (Å²) in [5.74, 6) is -0.667. The molecular formula is C14H17N3O5. The minimum Gasteiger partial charge on any atom is -0.496 e. The molecule has 1 aromatic rings. The first-order valence-corrected chi connectivity index (χ1v) is 6.45. The number of azide groups is 1. The van der Waals surface area contributed by atoms with Crippen molar-refractivity contribution in [1.29, 1.82) is 0 Å². The molecule has 8 heteroatoms. The van der Waals surface area contributed by atoms with Crippen molar-refractivity contribution < 1.29 is 24.9 Å². The highest BCUT2D eigenvalue weighted by atomic mass is 16.5. The van der Waals surface area contributed by atoms with Crippen molar-refractivity contribution in [1.82, 2.24) is 0 Å². The summed E-state index contributed by atoms with van der Waals surface area (Å²) in [4.78, 5) is 13.2. The van der Waals surface area contributed by atoms with E-state index < -0.39 is 18.2 Å². The van der Waals surface area contributed by atoms with Crippen LogP contribution in [0, 0.1) is 0 Å². The Morgan fingerprint density at radius 1 is 1.50 bits per heavy atom. The number of benzene rings is 1. The van der Waals surface area contributed by atoms with Crippen LogP contribution in [0.15, 0.2) is 29.4 Å². The van der Waals surface area contributed by atoms with Crippen LogP contribution in [0.25, 0.3) is 16.5 Å². The normalized spacial score (nSPS) is 13.4. The van der Waals surface area contributed by atoms with Crippen LogP contribution >= 0.6 is 0 Å². The van der Waals surface area contributed by atoms with E-state index >= 15 is 0 Å². The number of aliphatic hydroxyl groups excluding tert-OH is 2. The fourth-order valence-corrected chi connectivity index (χ4v) is 1.84. The number of nitrogens with zero attached hydrogens (tertiary/aromatic N) is 3. The molecule has 2 atom stereocenters. The summed E-state index contributed by atoms with van der Waals surface area (Å²) in [6.07, 6.45) is 0.111. The van der Waals surface area contributed by atoms with E-state index in [0.717, 1.165) is 6.08 Å². The van der Waals surface area contributed by atoms with Gasteiger partial charge < -0.3 is 20.1 Å².